The number of benzene rings is 1. The summed E-state index contributed by atoms with van der Waals surface area (Å²) in [5.74, 6) is -0.381. The van der Waals surface area contributed by atoms with Crippen molar-refractivity contribution < 1.29 is 13.2 Å². The number of sulfone groups is 1. The SMILES string of the molecule is CC(C(=O)N1CCCc2c(N)cccc21)S(C)(=O)=O. The molecule has 2 rings (SSSR count). The van der Waals surface area contributed by atoms with E-state index in [1.807, 2.05) is 6.07 Å². The van der Waals surface area contributed by atoms with Crippen LogP contribution in [-0.4, -0.2) is 32.4 Å². The van der Waals surface area contributed by atoms with Gasteiger partial charge in [0.15, 0.2) is 9.84 Å². The minimum atomic E-state index is -3.39. The predicted octanol–water partition coefficient (Wildman–Crippen LogP) is 0.981. The van der Waals surface area contributed by atoms with Gasteiger partial charge in [-0.25, -0.2) is 8.42 Å². The van der Waals surface area contributed by atoms with Crippen molar-refractivity contribution in [3.05, 3.63) is 23.8 Å². The Morgan fingerprint density at radius 2 is 2.11 bits per heavy atom. The Morgan fingerprint density at radius 3 is 2.74 bits per heavy atom. The predicted molar refractivity (Wildman–Crippen MR) is 75.8 cm³/mol. The summed E-state index contributed by atoms with van der Waals surface area (Å²) in [6, 6.07) is 5.40. The Kier molecular flexibility index (Phi) is 3.54. The highest BCUT2D eigenvalue weighted by atomic mass is 32.2. The van der Waals surface area contributed by atoms with Crippen LogP contribution in [-0.2, 0) is 21.1 Å². The number of amides is 1. The van der Waals surface area contributed by atoms with Crippen molar-refractivity contribution in [2.75, 3.05) is 23.4 Å². The van der Waals surface area contributed by atoms with Gasteiger partial charge in [-0.3, -0.25) is 4.79 Å². The van der Waals surface area contributed by atoms with Crippen LogP contribution in [0.1, 0.15) is 18.9 Å². The molecule has 0 saturated heterocycles. The smallest absolute Gasteiger partial charge is 0.245 e. The van der Waals surface area contributed by atoms with Crippen molar-refractivity contribution in [2.45, 2.75) is 25.0 Å². The summed E-state index contributed by atoms with van der Waals surface area (Å²) < 4.78 is 23.0. The van der Waals surface area contributed by atoms with E-state index in [-0.39, 0.29) is 5.91 Å². The van der Waals surface area contributed by atoms with Gasteiger partial charge in [-0.05, 0) is 37.5 Å². The van der Waals surface area contributed by atoms with Crippen molar-refractivity contribution >= 4 is 27.1 Å². The zero-order valence-electron chi connectivity index (χ0n) is 11.1. The monoisotopic (exact) mass is 282 g/mol. The molecule has 6 heteroatoms. The molecule has 0 radical (unpaired) electrons. The summed E-state index contributed by atoms with van der Waals surface area (Å²) in [5, 5.41) is -1.03. The van der Waals surface area contributed by atoms with E-state index in [1.165, 1.54) is 6.92 Å². The van der Waals surface area contributed by atoms with Crippen LogP contribution in [0.3, 0.4) is 0 Å². The van der Waals surface area contributed by atoms with Gasteiger partial charge in [-0.2, -0.15) is 0 Å². The lowest BCUT2D eigenvalue weighted by molar-refractivity contribution is -0.118. The molecule has 1 aliphatic rings. The minimum Gasteiger partial charge on any atom is -0.398 e. The summed E-state index contributed by atoms with van der Waals surface area (Å²) in [6.45, 7) is 1.97. The molecule has 1 heterocycles. The molecule has 0 bridgehead atoms. The highest BCUT2D eigenvalue weighted by molar-refractivity contribution is 7.92. The Bertz CT molecular complexity index is 610. The summed E-state index contributed by atoms with van der Waals surface area (Å²) >= 11 is 0. The zero-order chi connectivity index (χ0) is 14.2. The highest BCUT2D eigenvalue weighted by Gasteiger charge is 2.31. The normalized spacial score (nSPS) is 16.8. The molecule has 1 unspecified atom stereocenters. The van der Waals surface area contributed by atoms with Gasteiger partial charge in [0.25, 0.3) is 0 Å². The third kappa shape index (κ3) is 2.58. The molecule has 2 N–H and O–H groups in total. The molecule has 1 aromatic carbocycles. The van der Waals surface area contributed by atoms with Gasteiger partial charge in [-0.15, -0.1) is 0 Å². The van der Waals surface area contributed by atoms with Crippen molar-refractivity contribution in [1.29, 1.82) is 0 Å². The van der Waals surface area contributed by atoms with Crippen LogP contribution in [0.2, 0.25) is 0 Å². The van der Waals surface area contributed by atoms with Crippen LogP contribution in [0.15, 0.2) is 18.2 Å². The van der Waals surface area contributed by atoms with Crippen molar-refractivity contribution in [1.82, 2.24) is 0 Å². The maximum atomic E-state index is 12.3. The van der Waals surface area contributed by atoms with Gasteiger partial charge in [-0.1, -0.05) is 6.07 Å². The van der Waals surface area contributed by atoms with Crippen LogP contribution in [0.25, 0.3) is 0 Å². The third-order valence-corrected chi connectivity index (χ3v) is 5.03. The van der Waals surface area contributed by atoms with E-state index in [2.05, 4.69) is 0 Å². The van der Waals surface area contributed by atoms with Crippen molar-refractivity contribution in [3.63, 3.8) is 0 Å². The zero-order valence-corrected chi connectivity index (χ0v) is 11.9. The molecule has 0 aliphatic carbocycles. The lowest BCUT2D eigenvalue weighted by Gasteiger charge is -2.31. The van der Waals surface area contributed by atoms with Crippen LogP contribution in [0, 0.1) is 0 Å². The van der Waals surface area contributed by atoms with E-state index in [4.69, 9.17) is 5.73 Å². The highest BCUT2D eigenvalue weighted by Crippen LogP contribution is 2.31. The summed E-state index contributed by atoms with van der Waals surface area (Å²) in [6.07, 6.45) is 2.70. The summed E-state index contributed by atoms with van der Waals surface area (Å²) in [7, 11) is -3.39. The number of nitrogens with two attached hydrogens (primary N) is 1. The number of nitrogen functional groups attached to an aromatic ring is 1. The molecule has 0 fully saturated rings. The molecule has 1 aliphatic heterocycles. The number of hydrogen-bond acceptors (Lipinski definition) is 4. The van der Waals surface area contributed by atoms with E-state index >= 15 is 0 Å². The fourth-order valence-corrected chi connectivity index (χ4v) is 2.78. The van der Waals surface area contributed by atoms with E-state index in [9.17, 15) is 13.2 Å². The molecule has 104 valence electrons. The van der Waals surface area contributed by atoms with Gasteiger partial charge >= 0.3 is 0 Å². The van der Waals surface area contributed by atoms with E-state index in [1.54, 1.807) is 17.0 Å². The Hall–Kier alpha value is -1.56. The fourth-order valence-electron chi connectivity index (χ4n) is 2.28. The molecule has 1 atom stereocenters. The summed E-state index contributed by atoms with van der Waals surface area (Å²) in [5.41, 5.74) is 8.24. The second-order valence-corrected chi connectivity index (χ2v) is 7.28. The molecular formula is C13H18N2O3S. The number of nitrogens with zero attached hydrogens (tertiary/aromatic N) is 1. The first-order valence-corrected chi connectivity index (χ1v) is 8.15. The van der Waals surface area contributed by atoms with E-state index in [0.29, 0.717) is 12.2 Å². The third-order valence-electron chi connectivity index (χ3n) is 3.54. The quantitative estimate of drug-likeness (QED) is 0.820. The molecule has 1 aromatic rings. The molecule has 19 heavy (non-hydrogen) atoms. The molecule has 0 saturated carbocycles. The number of anilines is 2. The van der Waals surface area contributed by atoms with Gasteiger partial charge in [0.05, 0.1) is 0 Å². The van der Waals surface area contributed by atoms with Crippen LogP contribution < -0.4 is 10.6 Å². The Labute approximate surface area is 113 Å². The van der Waals surface area contributed by atoms with Gasteiger partial charge in [0.1, 0.15) is 5.25 Å². The van der Waals surface area contributed by atoms with Crippen LogP contribution in [0.4, 0.5) is 11.4 Å². The molecule has 1 amide bonds. The number of carbonyl (C=O) groups is 1. The van der Waals surface area contributed by atoms with Crippen molar-refractivity contribution in [2.24, 2.45) is 0 Å². The van der Waals surface area contributed by atoms with Crippen molar-refractivity contribution in [3.8, 4) is 0 Å². The first-order chi connectivity index (χ1) is 8.82. The number of carbonyl (C=O) groups excluding carboxylic acids is 1. The van der Waals surface area contributed by atoms with Crippen LogP contribution >= 0.6 is 0 Å². The molecule has 0 spiro atoms. The average molecular weight is 282 g/mol. The first kappa shape index (κ1) is 13.9. The molecule has 0 aromatic heterocycles. The number of fused-ring (bicyclic) bond motifs is 1. The summed E-state index contributed by atoms with van der Waals surface area (Å²) in [4.78, 5) is 13.9. The second kappa shape index (κ2) is 4.85. The van der Waals surface area contributed by atoms with Gasteiger partial charge in [0.2, 0.25) is 5.91 Å². The largest absolute Gasteiger partial charge is 0.398 e. The Morgan fingerprint density at radius 1 is 1.42 bits per heavy atom. The maximum Gasteiger partial charge on any atom is 0.245 e. The number of hydrogen-bond donors (Lipinski definition) is 1. The Balaban J connectivity index is 2.40. The average Bonchev–Trinajstić information content (AvgIpc) is 2.36. The van der Waals surface area contributed by atoms with Crippen LogP contribution in [0.5, 0.6) is 0 Å². The minimum absolute atomic E-state index is 0.381. The molecule has 5 nitrogen and oxygen atoms in total. The maximum absolute atomic E-state index is 12.3. The lowest BCUT2D eigenvalue weighted by atomic mass is 9.99. The number of rotatable bonds is 2. The lowest BCUT2D eigenvalue weighted by Crippen LogP contribution is -2.44. The first-order valence-electron chi connectivity index (χ1n) is 6.20. The molecular weight excluding hydrogens is 264 g/mol. The second-order valence-electron chi connectivity index (χ2n) is 4.91. The van der Waals surface area contributed by atoms with E-state index in [0.717, 1.165) is 30.3 Å². The van der Waals surface area contributed by atoms with Gasteiger partial charge < -0.3 is 10.6 Å². The van der Waals surface area contributed by atoms with Gasteiger partial charge in [0, 0.05) is 24.2 Å². The topological polar surface area (TPSA) is 80.5 Å². The van der Waals surface area contributed by atoms with E-state index < -0.39 is 15.1 Å². The fraction of sp³-hybridized carbons (Fsp3) is 0.462. The standard InChI is InChI=1S/C13H18N2O3S/c1-9(19(2,17)18)13(16)15-8-4-5-10-11(14)6-3-7-12(10)15/h3,6-7,9H,4-5,8,14H2,1-2H3.